The number of amidine groups is 1. The summed E-state index contributed by atoms with van der Waals surface area (Å²) in [7, 11) is 0. The van der Waals surface area contributed by atoms with Crippen LogP contribution in [0.4, 0.5) is 5.82 Å². The summed E-state index contributed by atoms with van der Waals surface area (Å²) in [6.07, 6.45) is 4.41. The maximum absolute atomic E-state index is 7.54. The van der Waals surface area contributed by atoms with Gasteiger partial charge in [0.25, 0.3) is 0 Å². The molecule has 0 atom stereocenters. The van der Waals surface area contributed by atoms with E-state index < -0.39 is 0 Å². The predicted molar refractivity (Wildman–Crippen MR) is 72.0 cm³/mol. The summed E-state index contributed by atoms with van der Waals surface area (Å²) in [6.45, 7) is 7.23. The van der Waals surface area contributed by atoms with E-state index in [-0.39, 0.29) is 5.84 Å². The molecule has 1 aromatic heterocycles. The largest absolute Gasteiger partial charge is 0.382 e. The number of aromatic nitrogens is 2. The third-order valence-electron chi connectivity index (χ3n) is 3.15. The molecule has 2 heterocycles. The van der Waals surface area contributed by atoms with Crippen LogP contribution in [-0.4, -0.2) is 53.4 Å². The second kappa shape index (κ2) is 5.77. The van der Waals surface area contributed by atoms with Crippen molar-refractivity contribution in [1.29, 1.82) is 5.41 Å². The van der Waals surface area contributed by atoms with Crippen molar-refractivity contribution >= 4 is 11.7 Å². The van der Waals surface area contributed by atoms with Crippen molar-refractivity contribution in [3.8, 4) is 0 Å². The van der Waals surface area contributed by atoms with E-state index in [1.54, 1.807) is 12.4 Å². The van der Waals surface area contributed by atoms with Crippen LogP contribution in [0.3, 0.4) is 0 Å². The Morgan fingerprint density at radius 2 is 1.94 bits per heavy atom. The first-order chi connectivity index (χ1) is 8.72. The van der Waals surface area contributed by atoms with E-state index in [0.717, 1.165) is 38.5 Å². The van der Waals surface area contributed by atoms with Crippen LogP contribution in [-0.2, 0) is 0 Å². The molecule has 0 aliphatic carbocycles. The van der Waals surface area contributed by atoms with Crippen LogP contribution in [0, 0.1) is 5.41 Å². The quantitative estimate of drug-likeness (QED) is 0.591. The molecule has 0 spiro atoms. The molecule has 6 nitrogen and oxygen atoms in total. The first kappa shape index (κ1) is 12.8. The van der Waals surface area contributed by atoms with E-state index in [2.05, 4.69) is 26.7 Å². The summed E-state index contributed by atoms with van der Waals surface area (Å²) in [5, 5.41) is 7.54. The van der Waals surface area contributed by atoms with E-state index in [1.165, 1.54) is 6.42 Å². The van der Waals surface area contributed by atoms with Crippen LogP contribution >= 0.6 is 0 Å². The highest BCUT2D eigenvalue weighted by Crippen LogP contribution is 2.16. The molecule has 1 saturated heterocycles. The zero-order valence-corrected chi connectivity index (χ0v) is 10.8. The number of nitrogens with one attached hydrogen (secondary N) is 1. The first-order valence-corrected chi connectivity index (χ1v) is 6.35. The highest BCUT2D eigenvalue weighted by Gasteiger charge is 2.20. The molecule has 1 aliphatic heterocycles. The summed E-state index contributed by atoms with van der Waals surface area (Å²) in [4.78, 5) is 13.1. The van der Waals surface area contributed by atoms with Gasteiger partial charge in [0.2, 0.25) is 0 Å². The van der Waals surface area contributed by atoms with Crippen LogP contribution in [0.25, 0.3) is 0 Å². The van der Waals surface area contributed by atoms with Crippen LogP contribution in [0.5, 0.6) is 0 Å². The van der Waals surface area contributed by atoms with Gasteiger partial charge < -0.3 is 10.6 Å². The minimum atomic E-state index is -0.0194. The molecule has 1 fully saturated rings. The summed E-state index contributed by atoms with van der Waals surface area (Å²) in [5.74, 6) is 0.718. The molecule has 18 heavy (non-hydrogen) atoms. The zero-order valence-electron chi connectivity index (χ0n) is 10.8. The maximum Gasteiger partial charge on any atom is 0.158 e. The monoisotopic (exact) mass is 248 g/mol. The molecule has 0 aromatic carbocycles. The third-order valence-corrected chi connectivity index (χ3v) is 3.15. The molecule has 3 N–H and O–H groups in total. The van der Waals surface area contributed by atoms with Crippen molar-refractivity contribution < 1.29 is 0 Å². The average molecular weight is 248 g/mol. The predicted octanol–water partition coefficient (Wildman–Crippen LogP) is 0.293. The third kappa shape index (κ3) is 2.76. The van der Waals surface area contributed by atoms with Crippen LogP contribution < -0.4 is 10.6 Å². The SMILES string of the molecule is CCCN1CCN(c2nccnc2C(=N)N)CC1. The Morgan fingerprint density at radius 1 is 1.28 bits per heavy atom. The van der Waals surface area contributed by atoms with Gasteiger partial charge in [0.05, 0.1) is 0 Å². The van der Waals surface area contributed by atoms with Gasteiger partial charge in [-0.2, -0.15) is 0 Å². The van der Waals surface area contributed by atoms with Gasteiger partial charge >= 0.3 is 0 Å². The lowest BCUT2D eigenvalue weighted by Crippen LogP contribution is -2.47. The number of hydrogen-bond donors (Lipinski definition) is 2. The second-order valence-corrected chi connectivity index (χ2v) is 4.47. The Bertz CT molecular complexity index is 411. The van der Waals surface area contributed by atoms with Gasteiger partial charge in [-0.3, -0.25) is 10.3 Å². The van der Waals surface area contributed by atoms with E-state index in [0.29, 0.717) is 5.69 Å². The topological polar surface area (TPSA) is 82.1 Å². The number of nitrogens with zero attached hydrogens (tertiary/aromatic N) is 4. The molecule has 0 radical (unpaired) electrons. The fourth-order valence-electron chi connectivity index (χ4n) is 2.25. The molecule has 0 unspecified atom stereocenters. The van der Waals surface area contributed by atoms with Crippen molar-refractivity contribution in [2.45, 2.75) is 13.3 Å². The molecular weight excluding hydrogens is 228 g/mol. The highest BCUT2D eigenvalue weighted by atomic mass is 15.3. The van der Waals surface area contributed by atoms with E-state index in [4.69, 9.17) is 11.1 Å². The lowest BCUT2D eigenvalue weighted by molar-refractivity contribution is 0.258. The fraction of sp³-hybridized carbons (Fsp3) is 0.583. The summed E-state index contributed by atoms with van der Waals surface area (Å²) in [5.41, 5.74) is 6.03. The van der Waals surface area contributed by atoms with E-state index >= 15 is 0 Å². The number of rotatable bonds is 4. The molecule has 1 aromatic rings. The van der Waals surface area contributed by atoms with Crippen LogP contribution in [0.1, 0.15) is 19.0 Å². The number of nitrogen functional groups attached to an aromatic ring is 1. The lowest BCUT2D eigenvalue weighted by Gasteiger charge is -2.35. The summed E-state index contributed by atoms with van der Waals surface area (Å²) in [6, 6.07) is 0. The Balaban J connectivity index is 2.07. The van der Waals surface area contributed by atoms with Gasteiger partial charge in [0.1, 0.15) is 11.5 Å². The van der Waals surface area contributed by atoms with Gasteiger partial charge in [0, 0.05) is 38.6 Å². The average Bonchev–Trinajstić information content (AvgIpc) is 2.40. The Hall–Kier alpha value is -1.69. The zero-order chi connectivity index (χ0) is 13.0. The Morgan fingerprint density at radius 3 is 2.56 bits per heavy atom. The molecule has 6 heteroatoms. The Kier molecular flexibility index (Phi) is 4.09. The number of hydrogen-bond acceptors (Lipinski definition) is 5. The smallest absolute Gasteiger partial charge is 0.158 e. The molecule has 0 amide bonds. The van der Waals surface area contributed by atoms with Gasteiger partial charge in [-0.15, -0.1) is 0 Å². The fourth-order valence-corrected chi connectivity index (χ4v) is 2.25. The normalized spacial score (nSPS) is 16.8. The first-order valence-electron chi connectivity index (χ1n) is 6.35. The number of nitrogens with two attached hydrogens (primary N) is 1. The Labute approximate surface area is 107 Å². The van der Waals surface area contributed by atoms with Crippen molar-refractivity contribution in [2.75, 3.05) is 37.6 Å². The van der Waals surface area contributed by atoms with Crippen molar-refractivity contribution in [3.63, 3.8) is 0 Å². The molecule has 98 valence electrons. The maximum atomic E-state index is 7.54. The molecule has 0 saturated carbocycles. The van der Waals surface area contributed by atoms with Gasteiger partial charge in [-0.1, -0.05) is 6.92 Å². The van der Waals surface area contributed by atoms with Gasteiger partial charge in [-0.25, -0.2) is 9.97 Å². The number of anilines is 1. The standard InChI is InChI=1S/C12H20N6/c1-2-5-17-6-8-18(9-7-17)12-10(11(13)14)15-3-4-16-12/h3-4H,2,5-9H2,1H3,(H3,13,14). The van der Waals surface area contributed by atoms with Crippen LogP contribution in [0.15, 0.2) is 12.4 Å². The van der Waals surface area contributed by atoms with Crippen LogP contribution in [0.2, 0.25) is 0 Å². The molecule has 0 bridgehead atoms. The van der Waals surface area contributed by atoms with E-state index in [1.807, 2.05) is 0 Å². The minimum Gasteiger partial charge on any atom is -0.382 e. The second-order valence-electron chi connectivity index (χ2n) is 4.47. The molecular formula is C12H20N6. The minimum absolute atomic E-state index is 0.0194. The van der Waals surface area contributed by atoms with Crippen molar-refractivity contribution in [2.24, 2.45) is 5.73 Å². The molecule has 1 aliphatic rings. The van der Waals surface area contributed by atoms with Crippen molar-refractivity contribution in [3.05, 3.63) is 18.1 Å². The van der Waals surface area contributed by atoms with Crippen molar-refractivity contribution in [1.82, 2.24) is 14.9 Å². The highest BCUT2D eigenvalue weighted by molar-refractivity contribution is 5.97. The van der Waals surface area contributed by atoms with Gasteiger partial charge in [-0.05, 0) is 13.0 Å². The lowest BCUT2D eigenvalue weighted by atomic mass is 10.2. The van der Waals surface area contributed by atoms with E-state index in [9.17, 15) is 0 Å². The number of piperazine rings is 1. The molecule has 2 rings (SSSR count). The van der Waals surface area contributed by atoms with Gasteiger partial charge in [0.15, 0.2) is 5.82 Å². The summed E-state index contributed by atoms with van der Waals surface area (Å²) >= 11 is 0. The summed E-state index contributed by atoms with van der Waals surface area (Å²) < 4.78 is 0.